The number of amides is 2. The van der Waals surface area contributed by atoms with E-state index >= 15 is 0 Å². The van der Waals surface area contributed by atoms with E-state index in [-0.39, 0.29) is 6.42 Å². The third-order valence-electron chi connectivity index (χ3n) is 3.79. The van der Waals surface area contributed by atoms with Gasteiger partial charge in [0.2, 0.25) is 0 Å². The second kappa shape index (κ2) is 5.23. The zero-order chi connectivity index (χ0) is 15.8. The van der Waals surface area contributed by atoms with E-state index in [1.165, 1.54) is 6.92 Å². The predicted molar refractivity (Wildman–Crippen MR) is 72.1 cm³/mol. The minimum Gasteiger partial charge on any atom is -0.324 e. The fourth-order valence-corrected chi connectivity index (χ4v) is 2.02. The molecule has 2 amide bonds. The average molecular weight is 304 g/mol. The van der Waals surface area contributed by atoms with Crippen molar-refractivity contribution in [2.75, 3.05) is 5.32 Å². The number of rotatable bonds is 4. The number of alkyl halides is 3. The number of urea groups is 1. The molecule has 0 radical (unpaired) electrons. The predicted octanol–water partition coefficient (Wildman–Crippen LogP) is 3.15. The Morgan fingerprint density at radius 2 is 2.10 bits per heavy atom. The molecule has 0 saturated heterocycles. The molecule has 0 aromatic carbocycles. The van der Waals surface area contributed by atoms with E-state index in [4.69, 9.17) is 0 Å². The normalized spacial score (nSPS) is 18.2. The van der Waals surface area contributed by atoms with Crippen molar-refractivity contribution in [1.82, 2.24) is 15.1 Å². The van der Waals surface area contributed by atoms with Crippen molar-refractivity contribution in [2.24, 2.45) is 7.05 Å². The summed E-state index contributed by atoms with van der Waals surface area (Å²) in [6.07, 6.45) is -1.17. The first-order chi connectivity index (χ1) is 9.66. The number of aromatic nitrogens is 2. The standard InChI is InChI=1S/C13H19F3N4O/c1-4-12(2,13(14,15)16)18-11(21)17-9-7-20(3)19-10(9)8-5-6-8/h7-8H,4-6H2,1-3H3,(H2,17,18,21). The van der Waals surface area contributed by atoms with Crippen LogP contribution in [0.15, 0.2) is 6.20 Å². The van der Waals surface area contributed by atoms with Crippen LogP contribution in [0.5, 0.6) is 0 Å². The number of carbonyl (C=O) groups excluding carboxylic acids is 1. The molecular weight excluding hydrogens is 285 g/mol. The first kappa shape index (κ1) is 15.7. The van der Waals surface area contributed by atoms with Gasteiger partial charge in [-0.15, -0.1) is 0 Å². The summed E-state index contributed by atoms with van der Waals surface area (Å²) in [5, 5.41) is 8.74. The molecule has 1 aromatic rings. The highest BCUT2D eigenvalue weighted by Gasteiger charge is 2.50. The Morgan fingerprint density at radius 1 is 1.48 bits per heavy atom. The monoisotopic (exact) mass is 304 g/mol. The van der Waals surface area contributed by atoms with Crippen LogP contribution in [-0.4, -0.2) is 27.5 Å². The molecule has 0 spiro atoms. The van der Waals surface area contributed by atoms with Gasteiger partial charge in [-0.25, -0.2) is 4.79 Å². The highest BCUT2D eigenvalue weighted by molar-refractivity contribution is 5.90. The molecule has 0 bridgehead atoms. The minimum atomic E-state index is -4.51. The number of nitrogens with zero attached hydrogens (tertiary/aromatic N) is 2. The Labute approximate surface area is 120 Å². The molecule has 21 heavy (non-hydrogen) atoms. The molecule has 1 aromatic heterocycles. The number of hydrogen-bond acceptors (Lipinski definition) is 2. The smallest absolute Gasteiger partial charge is 0.324 e. The van der Waals surface area contributed by atoms with Crippen LogP contribution in [-0.2, 0) is 7.05 Å². The van der Waals surface area contributed by atoms with Gasteiger partial charge in [0.15, 0.2) is 0 Å². The molecule has 1 heterocycles. The van der Waals surface area contributed by atoms with E-state index in [1.807, 2.05) is 5.32 Å². The zero-order valence-electron chi connectivity index (χ0n) is 12.2. The number of hydrogen-bond donors (Lipinski definition) is 2. The van der Waals surface area contributed by atoms with Gasteiger partial charge < -0.3 is 10.6 Å². The van der Waals surface area contributed by atoms with Crippen molar-refractivity contribution in [3.63, 3.8) is 0 Å². The van der Waals surface area contributed by atoms with Gasteiger partial charge in [0.25, 0.3) is 0 Å². The largest absolute Gasteiger partial charge is 0.411 e. The topological polar surface area (TPSA) is 59.0 Å². The Bertz CT molecular complexity index is 536. The summed E-state index contributed by atoms with van der Waals surface area (Å²) in [6.45, 7) is 2.35. The summed E-state index contributed by atoms with van der Waals surface area (Å²) in [4.78, 5) is 11.9. The number of anilines is 1. The van der Waals surface area contributed by atoms with Crippen LogP contribution in [0.2, 0.25) is 0 Å². The molecule has 0 aliphatic heterocycles. The molecule has 1 atom stereocenters. The molecule has 1 saturated carbocycles. The van der Waals surface area contributed by atoms with Crippen molar-refractivity contribution in [2.45, 2.75) is 50.7 Å². The summed E-state index contributed by atoms with van der Waals surface area (Å²) >= 11 is 0. The quantitative estimate of drug-likeness (QED) is 0.897. The molecule has 1 unspecified atom stereocenters. The van der Waals surface area contributed by atoms with Crippen LogP contribution < -0.4 is 10.6 Å². The Kier molecular flexibility index (Phi) is 3.90. The van der Waals surface area contributed by atoms with Crippen molar-refractivity contribution >= 4 is 11.7 Å². The fourth-order valence-electron chi connectivity index (χ4n) is 2.02. The van der Waals surface area contributed by atoms with Crippen LogP contribution in [0.25, 0.3) is 0 Å². The third kappa shape index (κ3) is 3.30. The SMILES string of the molecule is CCC(C)(NC(=O)Nc1cn(C)nc1C1CC1)C(F)(F)F. The van der Waals surface area contributed by atoms with E-state index in [0.717, 1.165) is 25.5 Å². The second-order valence-corrected chi connectivity index (χ2v) is 5.64. The summed E-state index contributed by atoms with van der Waals surface area (Å²) in [5.74, 6) is 0.293. The van der Waals surface area contributed by atoms with Crippen molar-refractivity contribution in [3.8, 4) is 0 Å². The van der Waals surface area contributed by atoms with Crippen molar-refractivity contribution < 1.29 is 18.0 Å². The average Bonchev–Trinajstić information content (AvgIpc) is 3.12. The van der Waals surface area contributed by atoms with E-state index < -0.39 is 17.7 Å². The molecule has 118 valence electrons. The lowest BCUT2D eigenvalue weighted by Gasteiger charge is -2.31. The summed E-state index contributed by atoms with van der Waals surface area (Å²) in [5.41, 5.74) is -1.05. The van der Waals surface area contributed by atoms with Crippen molar-refractivity contribution in [3.05, 3.63) is 11.9 Å². The Balaban J connectivity index is 2.08. The van der Waals surface area contributed by atoms with Crippen LogP contribution in [0.3, 0.4) is 0 Å². The van der Waals surface area contributed by atoms with Gasteiger partial charge in [0.1, 0.15) is 5.54 Å². The highest BCUT2D eigenvalue weighted by atomic mass is 19.4. The number of halogens is 3. The van der Waals surface area contributed by atoms with Crippen LogP contribution >= 0.6 is 0 Å². The maximum absolute atomic E-state index is 13.0. The van der Waals surface area contributed by atoms with Gasteiger partial charge in [0, 0.05) is 19.2 Å². The highest BCUT2D eigenvalue weighted by Crippen LogP contribution is 2.42. The van der Waals surface area contributed by atoms with E-state index in [2.05, 4.69) is 10.4 Å². The number of nitrogens with one attached hydrogen (secondary N) is 2. The van der Waals surface area contributed by atoms with Gasteiger partial charge in [-0.3, -0.25) is 4.68 Å². The summed E-state index contributed by atoms with van der Waals surface area (Å²) in [7, 11) is 1.71. The van der Waals surface area contributed by atoms with E-state index in [9.17, 15) is 18.0 Å². The van der Waals surface area contributed by atoms with Gasteiger partial charge in [-0.1, -0.05) is 6.92 Å². The Morgan fingerprint density at radius 3 is 2.57 bits per heavy atom. The van der Waals surface area contributed by atoms with Gasteiger partial charge in [0.05, 0.1) is 11.4 Å². The number of aryl methyl sites for hydroxylation is 1. The molecule has 1 aliphatic rings. The lowest BCUT2D eigenvalue weighted by Crippen LogP contribution is -2.57. The molecule has 5 nitrogen and oxygen atoms in total. The number of carbonyl (C=O) groups is 1. The van der Waals surface area contributed by atoms with Gasteiger partial charge >= 0.3 is 12.2 Å². The first-order valence-electron chi connectivity index (χ1n) is 6.85. The molecule has 2 rings (SSSR count). The fraction of sp³-hybridized carbons (Fsp3) is 0.692. The van der Waals surface area contributed by atoms with E-state index in [0.29, 0.717) is 11.6 Å². The maximum atomic E-state index is 13.0. The zero-order valence-corrected chi connectivity index (χ0v) is 12.2. The Hall–Kier alpha value is -1.73. The molecule has 2 N–H and O–H groups in total. The van der Waals surface area contributed by atoms with Crippen molar-refractivity contribution in [1.29, 1.82) is 0 Å². The van der Waals surface area contributed by atoms with Crippen LogP contribution in [0.1, 0.15) is 44.7 Å². The first-order valence-corrected chi connectivity index (χ1v) is 6.85. The maximum Gasteiger partial charge on any atom is 0.411 e. The van der Waals surface area contributed by atoms with Gasteiger partial charge in [-0.05, 0) is 26.2 Å². The lowest BCUT2D eigenvalue weighted by atomic mass is 9.98. The second-order valence-electron chi connectivity index (χ2n) is 5.64. The van der Waals surface area contributed by atoms with Gasteiger partial charge in [-0.2, -0.15) is 18.3 Å². The molecule has 1 aliphatic carbocycles. The van der Waals surface area contributed by atoms with Crippen LogP contribution in [0, 0.1) is 0 Å². The molecule has 8 heteroatoms. The lowest BCUT2D eigenvalue weighted by molar-refractivity contribution is -0.188. The van der Waals surface area contributed by atoms with E-state index in [1.54, 1.807) is 17.9 Å². The summed E-state index contributed by atoms with van der Waals surface area (Å²) < 4.78 is 40.4. The molecular formula is C13H19F3N4O. The van der Waals surface area contributed by atoms with Crippen LogP contribution in [0.4, 0.5) is 23.7 Å². The summed E-state index contributed by atoms with van der Waals surface area (Å²) in [6, 6.07) is -0.869. The molecule has 1 fully saturated rings. The third-order valence-corrected chi connectivity index (χ3v) is 3.79. The minimum absolute atomic E-state index is 0.244.